The van der Waals surface area contributed by atoms with Gasteiger partial charge in [0, 0.05) is 25.6 Å². The van der Waals surface area contributed by atoms with Gasteiger partial charge in [-0.05, 0) is 17.7 Å². The molecule has 0 saturated heterocycles. The second-order valence-electron chi connectivity index (χ2n) is 5.54. The number of nitrogens with one attached hydrogen (secondary N) is 1. The molecule has 3 aromatic rings. The van der Waals surface area contributed by atoms with Gasteiger partial charge in [0.05, 0.1) is 13.1 Å². The highest BCUT2D eigenvalue weighted by Gasteiger charge is 2.17. The van der Waals surface area contributed by atoms with E-state index in [1.54, 1.807) is 42.3 Å². The van der Waals surface area contributed by atoms with Gasteiger partial charge in [0.2, 0.25) is 0 Å². The number of benzene rings is 1. The summed E-state index contributed by atoms with van der Waals surface area (Å²) in [5.74, 6) is 0.352. The summed E-state index contributed by atoms with van der Waals surface area (Å²) < 4.78 is 1.54. The van der Waals surface area contributed by atoms with Gasteiger partial charge in [0.15, 0.2) is 0 Å². The van der Waals surface area contributed by atoms with Crippen molar-refractivity contribution >= 4 is 5.91 Å². The van der Waals surface area contributed by atoms with Crippen molar-refractivity contribution in [1.29, 1.82) is 0 Å². The zero-order chi connectivity index (χ0) is 16.9. The van der Waals surface area contributed by atoms with E-state index >= 15 is 0 Å². The normalized spacial score (nSPS) is 10.5. The average molecular weight is 322 g/mol. The summed E-state index contributed by atoms with van der Waals surface area (Å²) in [6, 6.07) is 13.0. The average Bonchev–Trinajstić information content (AvgIpc) is 3.10. The molecule has 122 valence electrons. The van der Waals surface area contributed by atoms with Crippen LogP contribution < -0.4 is 5.56 Å². The van der Waals surface area contributed by atoms with Gasteiger partial charge >= 0.3 is 0 Å². The number of hydrogen-bond donors (Lipinski definition) is 1. The largest absolute Gasteiger partial charge is 0.347 e. The number of aromatic amines is 1. The van der Waals surface area contributed by atoms with Gasteiger partial charge in [-0.25, -0.2) is 4.98 Å². The van der Waals surface area contributed by atoms with E-state index in [1.807, 2.05) is 30.3 Å². The van der Waals surface area contributed by atoms with Crippen LogP contribution in [0.15, 0.2) is 65.8 Å². The third-order valence-electron chi connectivity index (χ3n) is 3.73. The molecular weight excluding hydrogens is 304 g/mol. The Balaban J connectivity index is 1.82. The fraction of sp³-hybridized carbons (Fsp3) is 0.167. The number of rotatable bonds is 5. The minimum Gasteiger partial charge on any atom is -0.347 e. The van der Waals surface area contributed by atoms with E-state index in [0.29, 0.717) is 18.9 Å². The molecular formula is C18H18N4O2. The molecule has 0 bridgehead atoms. The van der Waals surface area contributed by atoms with Crippen LogP contribution in [0.2, 0.25) is 0 Å². The summed E-state index contributed by atoms with van der Waals surface area (Å²) in [6.07, 6.45) is 5.02. The van der Waals surface area contributed by atoms with Gasteiger partial charge in [-0.3, -0.25) is 9.59 Å². The molecule has 2 aromatic heterocycles. The van der Waals surface area contributed by atoms with Crippen LogP contribution >= 0.6 is 0 Å². The van der Waals surface area contributed by atoms with Crippen LogP contribution in [-0.4, -0.2) is 32.4 Å². The van der Waals surface area contributed by atoms with E-state index in [0.717, 1.165) is 5.56 Å². The first-order chi connectivity index (χ1) is 11.6. The van der Waals surface area contributed by atoms with E-state index in [9.17, 15) is 9.59 Å². The number of H-pyrrole nitrogens is 1. The second-order valence-corrected chi connectivity index (χ2v) is 5.54. The van der Waals surface area contributed by atoms with E-state index in [4.69, 9.17) is 0 Å². The van der Waals surface area contributed by atoms with Crippen molar-refractivity contribution in [1.82, 2.24) is 19.4 Å². The summed E-state index contributed by atoms with van der Waals surface area (Å²) in [6.45, 7) is 0.752. The Hall–Kier alpha value is -3.15. The van der Waals surface area contributed by atoms with Crippen LogP contribution in [0.1, 0.15) is 21.7 Å². The molecule has 6 nitrogen and oxygen atoms in total. The van der Waals surface area contributed by atoms with Crippen molar-refractivity contribution in [3.8, 4) is 0 Å². The maximum Gasteiger partial charge on any atom is 0.263 e. The Morgan fingerprint density at radius 1 is 1.21 bits per heavy atom. The molecule has 0 saturated carbocycles. The predicted octanol–water partition coefficient (Wildman–Crippen LogP) is 1.89. The fourth-order valence-electron chi connectivity index (χ4n) is 2.49. The van der Waals surface area contributed by atoms with Crippen molar-refractivity contribution in [2.45, 2.75) is 13.1 Å². The van der Waals surface area contributed by atoms with Crippen LogP contribution in [0.4, 0.5) is 0 Å². The monoisotopic (exact) mass is 322 g/mol. The fourth-order valence-corrected chi connectivity index (χ4v) is 2.49. The third-order valence-corrected chi connectivity index (χ3v) is 3.73. The molecule has 0 aliphatic rings. The lowest BCUT2D eigenvalue weighted by atomic mass is 10.2. The molecule has 0 fully saturated rings. The quantitative estimate of drug-likeness (QED) is 0.780. The van der Waals surface area contributed by atoms with Gasteiger partial charge in [0.1, 0.15) is 11.4 Å². The number of aromatic nitrogens is 3. The van der Waals surface area contributed by atoms with Gasteiger partial charge in [-0.2, -0.15) is 0 Å². The molecule has 0 aliphatic carbocycles. The maximum absolute atomic E-state index is 12.6. The first-order valence-electron chi connectivity index (χ1n) is 7.62. The molecule has 0 aliphatic heterocycles. The number of pyridine rings is 1. The van der Waals surface area contributed by atoms with Crippen molar-refractivity contribution in [2.75, 3.05) is 7.05 Å². The van der Waals surface area contributed by atoms with Gasteiger partial charge in [-0.15, -0.1) is 0 Å². The SMILES string of the molecule is CN(Cc1ncc[nH]1)C(=O)c1cccn(Cc2ccccc2)c1=O. The van der Waals surface area contributed by atoms with Crippen LogP contribution in [-0.2, 0) is 13.1 Å². The maximum atomic E-state index is 12.6. The second kappa shape index (κ2) is 6.95. The topological polar surface area (TPSA) is 71.0 Å². The molecule has 24 heavy (non-hydrogen) atoms. The number of hydrogen-bond acceptors (Lipinski definition) is 3. The van der Waals surface area contributed by atoms with Gasteiger partial charge in [-0.1, -0.05) is 30.3 Å². The smallest absolute Gasteiger partial charge is 0.263 e. The van der Waals surface area contributed by atoms with Crippen molar-refractivity contribution in [2.24, 2.45) is 0 Å². The summed E-state index contributed by atoms with van der Waals surface area (Å²) in [5, 5.41) is 0. The Kier molecular flexibility index (Phi) is 4.56. The number of imidazole rings is 1. The minimum absolute atomic E-state index is 0.155. The number of carbonyl (C=O) groups is 1. The first-order valence-corrected chi connectivity index (χ1v) is 7.62. The lowest BCUT2D eigenvalue weighted by Crippen LogP contribution is -2.34. The molecule has 0 spiro atoms. The number of carbonyl (C=O) groups excluding carboxylic acids is 1. The van der Waals surface area contributed by atoms with Gasteiger partial charge in [0.25, 0.3) is 11.5 Å². The first kappa shape index (κ1) is 15.7. The van der Waals surface area contributed by atoms with E-state index in [1.165, 1.54) is 4.90 Å². The molecule has 0 atom stereocenters. The minimum atomic E-state index is -0.321. The zero-order valence-electron chi connectivity index (χ0n) is 13.3. The third kappa shape index (κ3) is 3.43. The van der Waals surface area contributed by atoms with Gasteiger partial charge < -0.3 is 14.5 Å². The highest BCUT2D eigenvalue weighted by atomic mass is 16.2. The standard InChI is InChI=1S/C18H18N4O2/c1-21(13-16-19-9-10-20-16)17(23)15-8-5-11-22(18(15)24)12-14-6-3-2-4-7-14/h2-11H,12-13H2,1H3,(H,19,20). The van der Waals surface area contributed by atoms with Crippen LogP contribution in [0.5, 0.6) is 0 Å². The highest BCUT2D eigenvalue weighted by Crippen LogP contribution is 2.04. The van der Waals surface area contributed by atoms with Crippen LogP contribution in [0, 0.1) is 0 Å². The number of amides is 1. The molecule has 3 rings (SSSR count). The van der Waals surface area contributed by atoms with Crippen molar-refractivity contribution < 1.29 is 4.79 Å². The summed E-state index contributed by atoms with van der Waals surface area (Å²) >= 11 is 0. The van der Waals surface area contributed by atoms with E-state index < -0.39 is 0 Å². The molecule has 0 unspecified atom stereocenters. The molecule has 1 N–H and O–H groups in total. The Morgan fingerprint density at radius 2 is 2.00 bits per heavy atom. The Bertz CT molecular complexity index is 870. The predicted molar refractivity (Wildman–Crippen MR) is 90.6 cm³/mol. The van der Waals surface area contributed by atoms with Crippen LogP contribution in [0.3, 0.4) is 0 Å². The van der Waals surface area contributed by atoms with Crippen LogP contribution in [0.25, 0.3) is 0 Å². The molecule has 0 radical (unpaired) electrons. The van der Waals surface area contributed by atoms with E-state index in [2.05, 4.69) is 9.97 Å². The Labute approximate surface area is 139 Å². The lowest BCUT2D eigenvalue weighted by molar-refractivity contribution is 0.0779. The van der Waals surface area contributed by atoms with Crippen molar-refractivity contribution in [3.05, 3.63) is 88.4 Å². The summed E-state index contributed by atoms with van der Waals surface area (Å²) in [5.41, 5.74) is 0.869. The summed E-state index contributed by atoms with van der Waals surface area (Å²) in [7, 11) is 1.65. The summed E-state index contributed by atoms with van der Waals surface area (Å²) in [4.78, 5) is 33.7. The molecule has 6 heteroatoms. The lowest BCUT2D eigenvalue weighted by Gasteiger charge is -2.16. The number of nitrogens with zero attached hydrogens (tertiary/aromatic N) is 3. The Morgan fingerprint density at radius 3 is 2.71 bits per heavy atom. The van der Waals surface area contributed by atoms with Crippen molar-refractivity contribution in [3.63, 3.8) is 0 Å². The molecule has 1 aromatic carbocycles. The molecule has 1 amide bonds. The highest BCUT2D eigenvalue weighted by molar-refractivity contribution is 5.93. The molecule has 2 heterocycles. The van der Waals surface area contributed by atoms with E-state index in [-0.39, 0.29) is 17.0 Å². The zero-order valence-corrected chi connectivity index (χ0v) is 13.3.